The van der Waals surface area contributed by atoms with Gasteiger partial charge in [-0.25, -0.2) is 4.79 Å². The maximum atomic E-state index is 14.1. The molecule has 0 radical (unpaired) electrons. The highest BCUT2D eigenvalue weighted by atomic mass is 16.2. The molecule has 6 nitrogen and oxygen atoms in total. The van der Waals surface area contributed by atoms with E-state index in [1.54, 1.807) is 0 Å². The van der Waals surface area contributed by atoms with Gasteiger partial charge in [0.25, 0.3) is 0 Å². The Kier molecular flexibility index (Phi) is 6.48. The molecule has 34 heavy (non-hydrogen) atoms. The van der Waals surface area contributed by atoms with Crippen LogP contribution in [-0.2, 0) is 4.79 Å². The summed E-state index contributed by atoms with van der Waals surface area (Å²) in [5.41, 5.74) is 3.60. The molecule has 0 unspecified atom stereocenters. The van der Waals surface area contributed by atoms with Crippen LogP contribution in [0.3, 0.4) is 0 Å². The molecule has 1 saturated carbocycles. The quantitative estimate of drug-likeness (QED) is 0.601. The molecule has 0 aromatic heterocycles. The SMILES string of the molecule is CC(C)NC(=O)N[C@@H]1CCCC[C@@H]1C(=O)N1CC[C@@H]2[C@H](c3ccccc3)Nc3ccccc3[C@@H]21. The van der Waals surface area contributed by atoms with Gasteiger partial charge < -0.3 is 20.9 Å². The third-order valence-electron chi connectivity index (χ3n) is 7.72. The number of para-hydroxylation sites is 1. The first kappa shape index (κ1) is 22.8. The minimum absolute atomic E-state index is 0.0576. The zero-order valence-corrected chi connectivity index (χ0v) is 20.2. The Morgan fingerprint density at radius 2 is 1.71 bits per heavy atom. The maximum Gasteiger partial charge on any atom is 0.315 e. The van der Waals surface area contributed by atoms with Gasteiger partial charge in [0.2, 0.25) is 5.91 Å². The number of likely N-dealkylation sites (tertiary alicyclic amines) is 1. The minimum Gasteiger partial charge on any atom is -0.378 e. The van der Waals surface area contributed by atoms with E-state index in [9.17, 15) is 9.59 Å². The van der Waals surface area contributed by atoms with Crippen molar-refractivity contribution in [2.45, 2.75) is 70.1 Å². The molecule has 0 spiro atoms. The lowest BCUT2D eigenvalue weighted by molar-refractivity contribution is -0.138. The second-order valence-corrected chi connectivity index (χ2v) is 10.3. The molecule has 0 bridgehead atoms. The zero-order chi connectivity index (χ0) is 23.7. The van der Waals surface area contributed by atoms with Crippen molar-refractivity contribution in [3.63, 3.8) is 0 Å². The van der Waals surface area contributed by atoms with Gasteiger partial charge in [-0.05, 0) is 50.3 Å². The van der Waals surface area contributed by atoms with Gasteiger partial charge in [0, 0.05) is 30.2 Å². The molecule has 2 aromatic rings. The first-order chi connectivity index (χ1) is 16.5. The fourth-order valence-corrected chi connectivity index (χ4v) is 6.25. The molecule has 2 heterocycles. The summed E-state index contributed by atoms with van der Waals surface area (Å²) in [5, 5.41) is 9.81. The van der Waals surface area contributed by atoms with E-state index in [2.05, 4.69) is 69.4 Å². The van der Waals surface area contributed by atoms with E-state index < -0.39 is 0 Å². The monoisotopic (exact) mass is 460 g/mol. The number of benzene rings is 2. The van der Waals surface area contributed by atoms with Crippen molar-refractivity contribution in [1.82, 2.24) is 15.5 Å². The number of urea groups is 1. The summed E-state index contributed by atoms with van der Waals surface area (Å²) in [4.78, 5) is 28.6. The van der Waals surface area contributed by atoms with Crippen molar-refractivity contribution >= 4 is 17.6 Å². The van der Waals surface area contributed by atoms with Crippen LogP contribution in [0.4, 0.5) is 10.5 Å². The highest BCUT2D eigenvalue weighted by Crippen LogP contribution is 2.51. The van der Waals surface area contributed by atoms with Crippen LogP contribution in [0.5, 0.6) is 0 Å². The number of nitrogens with one attached hydrogen (secondary N) is 3. The molecule has 2 aromatic carbocycles. The van der Waals surface area contributed by atoms with Crippen LogP contribution in [0.2, 0.25) is 0 Å². The van der Waals surface area contributed by atoms with Crippen molar-refractivity contribution in [3.05, 3.63) is 65.7 Å². The lowest BCUT2D eigenvalue weighted by Crippen LogP contribution is -2.53. The molecule has 3 N–H and O–H groups in total. The Labute approximate surface area is 202 Å². The van der Waals surface area contributed by atoms with E-state index in [-0.39, 0.29) is 42.0 Å². The summed E-state index contributed by atoms with van der Waals surface area (Å²) < 4.78 is 0. The zero-order valence-electron chi connectivity index (χ0n) is 20.2. The lowest BCUT2D eigenvalue weighted by Gasteiger charge is -2.42. The molecule has 6 heteroatoms. The first-order valence-electron chi connectivity index (χ1n) is 12.8. The number of anilines is 1. The Morgan fingerprint density at radius 1 is 0.971 bits per heavy atom. The summed E-state index contributed by atoms with van der Waals surface area (Å²) in [6.45, 7) is 4.66. The number of rotatable bonds is 4. The Morgan fingerprint density at radius 3 is 2.50 bits per heavy atom. The van der Waals surface area contributed by atoms with Crippen molar-refractivity contribution in [2.24, 2.45) is 11.8 Å². The highest BCUT2D eigenvalue weighted by molar-refractivity contribution is 5.83. The van der Waals surface area contributed by atoms with Gasteiger partial charge in [0.05, 0.1) is 18.0 Å². The molecule has 180 valence electrons. The molecular formula is C28H36N4O2. The minimum atomic E-state index is -0.171. The van der Waals surface area contributed by atoms with Gasteiger partial charge in [-0.1, -0.05) is 61.4 Å². The predicted molar refractivity (Wildman–Crippen MR) is 134 cm³/mol. The largest absolute Gasteiger partial charge is 0.378 e. The van der Waals surface area contributed by atoms with Crippen LogP contribution in [0.15, 0.2) is 54.6 Å². The van der Waals surface area contributed by atoms with Crippen molar-refractivity contribution in [3.8, 4) is 0 Å². The number of carbonyl (C=O) groups is 2. The van der Waals surface area contributed by atoms with Crippen LogP contribution in [0, 0.1) is 11.8 Å². The number of hydrogen-bond acceptors (Lipinski definition) is 3. The van der Waals surface area contributed by atoms with Crippen LogP contribution in [0.1, 0.15) is 69.2 Å². The molecule has 5 atom stereocenters. The van der Waals surface area contributed by atoms with Gasteiger partial charge in [-0.15, -0.1) is 0 Å². The van der Waals surface area contributed by atoms with Gasteiger partial charge >= 0.3 is 6.03 Å². The van der Waals surface area contributed by atoms with Crippen LogP contribution >= 0.6 is 0 Å². The smallest absolute Gasteiger partial charge is 0.315 e. The fourth-order valence-electron chi connectivity index (χ4n) is 6.25. The first-order valence-corrected chi connectivity index (χ1v) is 12.8. The van der Waals surface area contributed by atoms with Crippen LogP contribution < -0.4 is 16.0 Å². The summed E-state index contributed by atoms with van der Waals surface area (Å²) in [5.74, 6) is 0.355. The average Bonchev–Trinajstić information content (AvgIpc) is 3.29. The fraction of sp³-hybridized carbons (Fsp3) is 0.500. The molecular weight excluding hydrogens is 424 g/mol. The predicted octanol–water partition coefficient (Wildman–Crippen LogP) is 5.01. The van der Waals surface area contributed by atoms with E-state index >= 15 is 0 Å². The molecule has 3 amide bonds. The van der Waals surface area contributed by atoms with Gasteiger partial charge in [-0.3, -0.25) is 4.79 Å². The van der Waals surface area contributed by atoms with E-state index in [1.807, 2.05) is 19.9 Å². The van der Waals surface area contributed by atoms with Gasteiger partial charge in [0.15, 0.2) is 0 Å². The van der Waals surface area contributed by atoms with E-state index in [0.29, 0.717) is 5.92 Å². The third-order valence-corrected chi connectivity index (χ3v) is 7.72. The highest BCUT2D eigenvalue weighted by Gasteiger charge is 2.48. The molecule has 5 rings (SSSR count). The standard InChI is InChI=1S/C28H36N4O2/c1-18(2)29-28(34)31-24-15-9-7-13-21(24)27(33)32-17-16-22-25(19-10-4-3-5-11-19)30-23-14-8-6-12-20(23)26(22)32/h3-6,8,10-12,14,18,21-22,24-26,30H,7,9,13,15-17H2,1-2H3,(H2,29,31,34)/t21-,22+,24+,25-,26-/m0/s1. The molecule has 2 fully saturated rings. The van der Waals surface area contributed by atoms with E-state index in [1.165, 1.54) is 11.1 Å². The third kappa shape index (κ3) is 4.38. The number of amides is 3. The molecule has 3 aliphatic rings. The second-order valence-electron chi connectivity index (χ2n) is 10.3. The number of hydrogen-bond donors (Lipinski definition) is 3. The number of carbonyl (C=O) groups excluding carboxylic acids is 2. The van der Waals surface area contributed by atoms with Crippen LogP contribution in [-0.4, -0.2) is 35.5 Å². The van der Waals surface area contributed by atoms with Crippen molar-refractivity contribution < 1.29 is 9.59 Å². The number of fused-ring (bicyclic) bond motifs is 3. The summed E-state index contributed by atoms with van der Waals surface area (Å²) in [6.07, 6.45) is 4.74. The number of nitrogens with zero attached hydrogens (tertiary/aromatic N) is 1. The maximum absolute atomic E-state index is 14.1. The van der Waals surface area contributed by atoms with E-state index in [4.69, 9.17) is 0 Å². The molecule has 1 aliphatic carbocycles. The average molecular weight is 461 g/mol. The van der Waals surface area contributed by atoms with Gasteiger partial charge in [-0.2, -0.15) is 0 Å². The molecule has 1 saturated heterocycles. The normalized spacial score (nSPS) is 28.0. The van der Waals surface area contributed by atoms with Crippen LogP contribution in [0.25, 0.3) is 0 Å². The molecule has 2 aliphatic heterocycles. The van der Waals surface area contributed by atoms with Crippen molar-refractivity contribution in [2.75, 3.05) is 11.9 Å². The lowest BCUT2D eigenvalue weighted by atomic mass is 9.79. The Bertz CT molecular complexity index is 1020. The summed E-state index contributed by atoms with van der Waals surface area (Å²) in [7, 11) is 0. The Hall–Kier alpha value is -3.02. The summed E-state index contributed by atoms with van der Waals surface area (Å²) in [6, 6.07) is 19.0. The van der Waals surface area contributed by atoms with Crippen molar-refractivity contribution in [1.29, 1.82) is 0 Å². The second kappa shape index (κ2) is 9.69. The topological polar surface area (TPSA) is 73.5 Å². The van der Waals surface area contributed by atoms with Gasteiger partial charge in [0.1, 0.15) is 0 Å². The Balaban J connectivity index is 1.42. The van der Waals surface area contributed by atoms with E-state index in [0.717, 1.165) is 44.3 Å². The summed E-state index contributed by atoms with van der Waals surface area (Å²) >= 11 is 0.